The molecule has 6 nitrogen and oxygen atoms in total. The lowest BCUT2D eigenvalue weighted by Crippen LogP contribution is -2.21. The summed E-state index contributed by atoms with van der Waals surface area (Å²) in [7, 11) is 0. The number of anilines is 3. The number of hydrogen-bond donors (Lipinski definition) is 3. The van der Waals surface area contributed by atoms with Gasteiger partial charge in [0, 0.05) is 11.3 Å². The molecule has 0 spiro atoms. The second-order valence-electron chi connectivity index (χ2n) is 6.88. The highest BCUT2D eigenvalue weighted by molar-refractivity contribution is 6.08. The number of hydrogen-bond acceptors (Lipinski definition) is 3. The van der Waals surface area contributed by atoms with Gasteiger partial charge in [-0.25, -0.2) is 4.79 Å². The fraction of sp³-hybridized carbons (Fsp3) is 0. The summed E-state index contributed by atoms with van der Waals surface area (Å²) in [5.41, 5.74) is 2.11. The molecule has 0 saturated heterocycles. The van der Waals surface area contributed by atoms with Crippen molar-refractivity contribution in [1.29, 1.82) is 0 Å². The SMILES string of the molecule is O=C(Nc1ccccc1)Nc1ccccc1NC(=O)c1ccc(Oc2ccccc2)cc1. The zero-order valence-corrected chi connectivity index (χ0v) is 17.1. The van der Waals surface area contributed by atoms with E-state index >= 15 is 0 Å². The van der Waals surface area contributed by atoms with E-state index in [1.165, 1.54) is 0 Å². The van der Waals surface area contributed by atoms with Gasteiger partial charge in [-0.05, 0) is 60.7 Å². The molecule has 0 aliphatic heterocycles. The van der Waals surface area contributed by atoms with Gasteiger partial charge in [-0.1, -0.05) is 48.5 Å². The van der Waals surface area contributed by atoms with Crippen LogP contribution in [0.5, 0.6) is 11.5 Å². The summed E-state index contributed by atoms with van der Waals surface area (Å²) in [6.07, 6.45) is 0. The molecule has 0 radical (unpaired) electrons. The molecule has 4 aromatic rings. The number of nitrogens with one attached hydrogen (secondary N) is 3. The smallest absolute Gasteiger partial charge is 0.323 e. The summed E-state index contributed by atoms with van der Waals surface area (Å²) >= 11 is 0. The number of carbonyl (C=O) groups is 2. The van der Waals surface area contributed by atoms with Crippen molar-refractivity contribution >= 4 is 29.0 Å². The Morgan fingerprint density at radius 3 is 1.72 bits per heavy atom. The summed E-state index contributed by atoms with van der Waals surface area (Å²) < 4.78 is 5.76. The maximum atomic E-state index is 12.7. The topological polar surface area (TPSA) is 79.5 Å². The molecular formula is C26H21N3O3. The van der Waals surface area contributed by atoms with Crippen LogP contribution >= 0.6 is 0 Å². The third-order valence-corrected chi connectivity index (χ3v) is 4.55. The summed E-state index contributed by atoms with van der Waals surface area (Å²) in [5, 5.41) is 8.36. The molecule has 3 amide bonds. The van der Waals surface area contributed by atoms with Crippen LogP contribution in [0.15, 0.2) is 109 Å². The minimum absolute atomic E-state index is 0.297. The molecule has 6 heteroatoms. The zero-order chi connectivity index (χ0) is 22.2. The van der Waals surface area contributed by atoms with Crippen LogP contribution in [0, 0.1) is 0 Å². The second kappa shape index (κ2) is 9.95. The number of urea groups is 1. The van der Waals surface area contributed by atoms with E-state index in [9.17, 15) is 9.59 Å². The summed E-state index contributed by atoms with van der Waals surface area (Å²) in [6.45, 7) is 0. The number of benzene rings is 4. The van der Waals surface area contributed by atoms with Crippen LogP contribution in [0.1, 0.15) is 10.4 Å². The molecule has 4 rings (SSSR count). The van der Waals surface area contributed by atoms with Crippen LogP contribution in [-0.4, -0.2) is 11.9 Å². The van der Waals surface area contributed by atoms with E-state index in [0.29, 0.717) is 28.4 Å². The Balaban J connectivity index is 1.40. The Hall–Kier alpha value is -4.58. The molecular weight excluding hydrogens is 402 g/mol. The van der Waals surface area contributed by atoms with Crippen molar-refractivity contribution in [2.24, 2.45) is 0 Å². The summed E-state index contributed by atoms with van der Waals surface area (Å²) in [4.78, 5) is 25.1. The van der Waals surface area contributed by atoms with Crippen molar-refractivity contribution in [1.82, 2.24) is 0 Å². The van der Waals surface area contributed by atoms with Crippen molar-refractivity contribution in [2.45, 2.75) is 0 Å². The first kappa shape index (κ1) is 20.7. The molecule has 158 valence electrons. The first-order valence-electron chi connectivity index (χ1n) is 10.0. The van der Waals surface area contributed by atoms with Crippen LogP contribution in [0.4, 0.5) is 21.9 Å². The van der Waals surface area contributed by atoms with Crippen LogP contribution in [0.2, 0.25) is 0 Å². The average Bonchev–Trinajstić information content (AvgIpc) is 2.82. The Bertz CT molecular complexity index is 1190. The Kier molecular flexibility index (Phi) is 6.43. The standard InChI is InChI=1S/C26H21N3O3/c30-25(19-15-17-22(18-16-19)32-21-11-5-2-6-12-21)28-23-13-7-8-14-24(23)29-26(31)27-20-9-3-1-4-10-20/h1-18H,(H,28,30)(H2,27,29,31). The molecule has 0 aliphatic carbocycles. The maximum absolute atomic E-state index is 12.7. The predicted molar refractivity (Wildman–Crippen MR) is 126 cm³/mol. The van der Waals surface area contributed by atoms with Gasteiger partial charge in [0.05, 0.1) is 11.4 Å². The van der Waals surface area contributed by atoms with Crippen molar-refractivity contribution in [3.05, 3.63) is 115 Å². The first-order chi connectivity index (χ1) is 15.7. The minimum atomic E-state index is -0.402. The fourth-order valence-electron chi connectivity index (χ4n) is 3.00. The Morgan fingerprint density at radius 1 is 0.531 bits per heavy atom. The van der Waals surface area contributed by atoms with Gasteiger partial charge in [0.15, 0.2) is 0 Å². The highest BCUT2D eigenvalue weighted by atomic mass is 16.5. The van der Waals surface area contributed by atoms with E-state index in [-0.39, 0.29) is 5.91 Å². The van der Waals surface area contributed by atoms with Gasteiger partial charge < -0.3 is 20.7 Å². The summed E-state index contributed by atoms with van der Waals surface area (Å²) in [6, 6.07) is 32.0. The van der Waals surface area contributed by atoms with Crippen LogP contribution in [-0.2, 0) is 0 Å². The van der Waals surface area contributed by atoms with Crippen molar-refractivity contribution < 1.29 is 14.3 Å². The highest BCUT2D eigenvalue weighted by Crippen LogP contribution is 2.24. The molecule has 4 aromatic carbocycles. The van der Waals surface area contributed by atoms with Gasteiger partial charge in [0.1, 0.15) is 11.5 Å². The normalized spacial score (nSPS) is 10.1. The summed E-state index contributed by atoms with van der Waals surface area (Å²) in [5.74, 6) is 1.06. The van der Waals surface area contributed by atoms with Crippen LogP contribution < -0.4 is 20.7 Å². The molecule has 0 heterocycles. The lowest BCUT2D eigenvalue weighted by molar-refractivity contribution is 0.102. The second-order valence-corrected chi connectivity index (χ2v) is 6.88. The van der Waals surface area contributed by atoms with Gasteiger partial charge in [-0.2, -0.15) is 0 Å². The van der Waals surface area contributed by atoms with E-state index in [1.807, 2.05) is 48.5 Å². The van der Waals surface area contributed by atoms with E-state index in [0.717, 1.165) is 5.75 Å². The third-order valence-electron chi connectivity index (χ3n) is 4.55. The van der Waals surface area contributed by atoms with Gasteiger partial charge in [0.25, 0.3) is 5.91 Å². The van der Waals surface area contributed by atoms with Gasteiger partial charge >= 0.3 is 6.03 Å². The number of carbonyl (C=O) groups excluding carboxylic acids is 2. The quantitative estimate of drug-likeness (QED) is 0.337. The molecule has 0 unspecified atom stereocenters. The Morgan fingerprint density at radius 2 is 1.06 bits per heavy atom. The van der Waals surface area contributed by atoms with E-state index in [4.69, 9.17) is 4.74 Å². The largest absolute Gasteiger partial charge is 0.457 e. The van der Waals surface area contributed by atoms with Crippen LogP contribution in [0.25, 0.3) is 0 Å². The number of para-hydroxylation sites is 4. The molecule has 32 heavy (non-hydrogen) atoms. The van der Waals surface area contributed by atoms with Gasteiger partial charge in [-0.3, -0.25) is 4.79 Å². The lowest BCUT2D eigenvalue weighted by Gasteiger charge is -2.13. The maximum Gasteiger partial charge on any atom is 0.323 e. The van der Waals surface area contributed by atoms with E-state index < -0.39 is 6.03 Å². The number of rotatable bonds is 6. The number of ether oxygens (including phenoxy) is 1. The molecule has 0 aromatic heterocycles. The average molecular weight is 423 g/mol. The van der Waals surface area contributed by atoms with Crippen molar-refractivity contribution in [3.63, 3.8) is 0 Å². The predicted octanol–water partition coefficient (Wildman–Crippen LogP) is 6.38. The van der Waals surface area contributed by atoms with E-state index in [2.05, 4.69) is 16.0 Å². The van der Waals surface area contributed by atoms with Crippen molar-refractivity contribution in [2.75, 3.05) is 16.0 Å². The first-order valence-corrected chi connectivity index (χ1v) is 10.0. The minimum Gasteiger partial charge on any atom is -0.457 e. The molecule has 0 atom stereocenters. The number of amides is 3. The highest BCUT2D eigenvalue weighted by Gasteiger charge is 2.11. The molecule has 0 fully saturated rings. The van der Waals surface area contributed by atoms with Crippen LogP contribution in [0.3, 0.4) is 0 Å². The molecule has 0 bridgehead atoms. The monoisotopic (exact) mass is 423 g/mol. The van der Waals surface area contributed by atoms with E-state index in [1.54, 1.807) is 60.7 Å². The molecule has 3 N–H and O–H groups in total. The molecule has 0 aliphatic rings. The fourth-order valence-corrected chi connectivity index (χ4v) is 3.00. The zero-order valence-electron chi connectivity index (χ0n) is 17.1. The third kappa shape index (κ3) is 5.52. The van der Waals surface area contributed by atoms with Gasteiger partial charge in [-0.15, -0.1) is 0 Å². The van der Waals surface area contributed by atoms with Gasteiger partial charge in [0.2, 0.25) is 0 Å². The molecule has 0 saturated carbocycles. The lowest BCUT2D eigenvalue weighted by atomic mass is 10.2. The van der Waals surface area contributed by atoms with Crippen molar-refractivity contribution in [3.8, 4) is 11.5 Å². The Labute approximate surface area is 185 Å².